The van der Waals surface area contributed by atoms with Crippen LogP contribution in [0.15, 0.2) is 24.3 Å². The van der Waals surface area contributed by atoms with E-state index in [1.165, 1.54) is 17.0 Å². The molecule has 0 aromatic heterocycles. The van der Waals surface area contributed by atoms with Crippen LogP contribution < -0.4 is 0 Å². The standard InChI is InChI=1S/C14H20FNO2/c1-14(2,18)10-16(3)13(17)8-7-11-5-4-6-12(15)9-11/h4-6,9,18H,7-8,10H2,1-3H3. The van der Waals surface area contributed by atoms with Crippen molar-refractivity contribution in [2.45, 2.75) is 32.3 Å². The first-order valence-corrected chi connectivity index (χ1v) is 5.99. The Morgan fingerprint density at radius 2 is 2.11 bits per heavy atom. The average molecular weight is 253 g/mol. The minimum Gasteiger partial charge on any atom is -0.389 e. The molecule has 1 rings (SSSR count). The molecular formula is C14H20FNO2. The van der Waals surface area contributed by atoms with Gasteiger partial charge < -0.3 is 10.0 Å². The van der Waals surface area contributed by atoms with Crippen LogP contribution in [0.2, 0.25) is 0 Å². The summed E-state index contributed by atoms with van der Waals surface area (Å²) in [6.07, 6.45) is 0.822. The van der Waals surface area contributed by atoms with Crippen molar-refractivity contribution in [3.8, 4) is 0 Å². The molecule has 1 N–H and O–H groups in total. The van der Waals surface area contributed by atoms with Crippen molar-refractivity contribution in [2.24, 2.45) is 0 Å². The lowest BCUT2D eigenvalue weighted by Crippen LogP contribution is -2.39. The topological polar surface area (TPSA) is 40.5 Å². The Kier molecular flexibility index (Phi) is 4.84. The van der Waals surface area contributed by atoms with Crippen LogP contribution in [-0.2, 0) is 11.2 Å². The number of amides is 1. The normalized spacial score (nSPS) is 11.4. The number of likely N-dealkylation sites (N-methyl/N-ethyl adjacent to an activating group) is 1. The summed E-state index contributed by atoms with van der Waals surface area (Å²) in [7, 11) is 1.66. The molecular weight excluding hydrogens is 233 g/mol. The molecule has 0 saturated heterocycles. The van der Waals surface area contributed by atoms with Crippen LogP contribution >= 0.6 is 0 Å². The highest BCUT2D eigenvalue weighted by atomic mass is 19.1. The molecule has 1 aromatic carbocycles. The van der Waals surface area contributed by atoms with E-state index in [2.05, 4.69) is 0 Å². The van der Waals surface area contributed by atoms with E-state index in [4.69, 9.17) is 0 Å². The van der Waals surface area contributed by atoms with Gasteiger partial charge in [-0.2, -0.15) is 0 Å². The number of rotatable bonds is 5. The first-order chi connectivity index (χ1) is 8.28. The maximum Gasteiger partial charge on any atom is 0.222 e. The number of hydrogen-bond donors (Lipinski definition) is 1. The van der Waals surface area contributed by atoms with Crippen LogP contribution in [0.5, 0.6) is 0 Å². The van der Waals surface area contributed by atoms with E-state index in [1.807, 2.05) is 0 Å². The number of halogens is 1. The van der Waals surface area contributed by atoms with Gasteiger partial charge in [0, 0.05) is 20.0 Å². The van der Waals surface area contributed by atoms with Crippen molar-refractivity contribution in [1.29, 1.82) is 0 Å². The lowest BCUT2D eigenvalue weighted by molar-refractivity contribution is -0.132. The van der Waals surface area contributed by atoms with E-state index in [9.17, 15) is 14.3 Å². The van der Waals surface area contributed by atoms with Gasteiger partial charge in [-0.15, -0.1) is 0 Å². The summed E-state index contributed by atoms with van der Waals surface area (Å²) >= 11 is 0. The molecule has 0 spiro atoms. The molecule has 0 aliphatic carbocycles. The predicted molar refractivity (Wildman–Crippen MR) is 68.7 cm³/mol. The zero-order chi connectivity index (χ0) is 13.8. The van der Waals surface area contributed by atoms with Gasteiger partial charge in [0.2, 0.25) is 5.91 Å². The minimum absolute atomic E-state index is 0.0543. The van der Waals surface area contributed by atoms with Crippen molar-refractivity contribution < 1.29 is 14.3 Å². The molecule has 18 heavy (non-hydrogen) atoms. The second kappa shape index (κ2) is 5.96. The maximum absolute atomic E-state index is 12.9. The van der Waals surface area contributed by atoms with Crippen LogP contribution in [0.4, 0.5) is 4.39 Å². The molecule has 0 radical (unpaired) electrons. The van der Waals surface area contributed by atoms with Gasteiger partial charge in [-0.3, -0.25) is 4.79 Å². The van der Waals surface area contributed by atoms with Crippen molar-refractivity contribution >= 4 is 5.91 Å². The minimum atomic E-state index is -0.900. The predicted octanol–water partition coefficient (Wildman–Crippen LogP) is 1.99. The van der Waals surface area contributed by atoms with Crippen molar-refractivity contribution in [1.82, 2.24) is 4.90 Å². The summed E-state index contributed by atoms with van der Waals surface area (Å²) in [5.41, 5.74) is -0.0940. The van der Waals surface area contributed by atoms with Crippen LogP contribution in [0, 0.1) is 5.82 Å². The smallest absolute Gasteiger partial charge is 0.222 e. The largest absolute Gasteiger partial charge is 0.389 e. The lowest BCUT2D eigenvalue weighted by Gasteiger charge is -2.25. The molecule has 0 atom stereocenters. The summed E-state index contributed by atoms with van der Waals surface area (Å²) in [5, 5.41) is 9.62. The fourth-order valence-electron chi connectivity index (χ4n) is 1.80. The third kappa shape index (κ3) is 5.27. The maximum atomic E-state index is 12.9. The van der Waals surface area contributed by atoms with Gasteiger partial charge in [0.05, 0.1) is 5.60 Å². The molecule has 0 aliphatic rings. The Hall–Kier alpha value is -1.42. The van der Waals surface area contributed by atoms with Crippen molar-refractivity contribution in [3.63, 3.8) is 0 Å². The monoisotopic (exact) mass is 253 g/mol. The van der Waals surface area contributed by atoms with E-state index >= 15 is 0 Å². The third-order valence-corrected chi connectivity index (χ3v) is 2.57. The number of aliphatic hydroxyl groups is 1. The summed E-state index contributed by atoms with van der Waals surface area (Å²) in [6.45, 7) is 3.60. The average Bonchev–Trinajstić information content (AvgIpc) is 2.23. The highest BCUT2D eigenvalue weighted by molar-refractivity contribution is 5.76. The quantitative estimate of drug-likeness (QED) is 0.871. The first kappa shape index (κ1) is 14.6. The highest BCUT2D eigenvalue weighted by Crippen LogP contribution is 2.09. The highest BCUT2D eigenvalue weighted by Gasteiger charge is 2.18. The van der Waals surface area contributed by atoms with Crippen LogP contribution in [0.3, 0.4) is 0 Å². The molecule has 0 unspecified atom stereocenters. The molecule has 4 heteroatoms. The Bertz CT molecular complexity index is 413. The van der Waals surface area contributed by atoms with Gasteiger partial charge in [0.15, 0.2) is 0 Å². The Labute approximate surface area is 107 Å². The molecule has 0 aliphatic heterocycles. The molecule has 1 aromatic rings. The van der Waals surface area contributed by atoms with Crippen LogP contribution in [0.25, 0.3) is 0 Å². The zero-order valence-corrected chi connectivity index (χ0v) is 11.1. The fourth-order valence-corrected chi connectivity index (χ4v) is 1.80. The Morgan fingerprint density at radius 1 is 1.44 bits per heavy atom. The molecule has 0 heterocycles. The van der Waals surface area contributed by atoms with Gasteiger partial charge >= 0.3 is 0 Å². The van der Waals surface area contributed by atoms with E-state index in [-0.39, 0.29) is 18.3 Å². The number of nitrogens with zero attached hydrogens (tertiary/aromatic N) is 1. The van der Waals surface area contributed by atoms with E-state index in [0.29, 0.717) is 12.8 Å². The second-order valence-electron chi connectivity index (χ2n) is 5.19. The first-order valence-electron chi connectivity index (χ1n) is 5.99. The second-order valence-corrected chi connectivity index (χ2v) is 5.19. The van der Waals surface area contributed by atoms with Crippen molar-refractivity contribution in [3.05, 3.63) is 35.6 Å². The van der Waals surface area contributed by atoms with E-state index in [0.717, 1.165) is 5.56 Å². The SMILES string of the molecule is CN(CC(C)(C)O)C(=O)CCc1cccc(F)c1. The summed E-state index contributed by atoms with van der Waals surface area (Å²) in [5.74, 6) is -0.341. The zero-order valence-electron chi connectivity index (χ0n) is 11.1. The number of hydrogen-bond acceptors (Lipinski definition) is 2. The van der Waals surface area contributed by atoms with Crippen LogP contribution in [0.1, 0.15) is 25.8 Å². The molecule has 3 nitrogen and oxygen atoms in total. The summed E-state index contributed by atoms with van der Waals surface area (Å²) in [4.78, 5) is 13.3. The molecule has 1 amide bonds. The number of aryl methyl sites for hydroxylation is 1. The summed E-state index contributed by atoms with van der Waals surface area (Å²) < 4.78 is 12.9. The van der Waals surface area contributed by atoms with Gasteiger partial charge in [0.25, 0.3) is 0 Å². The number of benzene rings is 1. The fraction of sp³-hybridized carbons (Fsp3) is 0.500. The molecule has 0 saturated carbocycles. The Morgan fingerprint density at radius 3 is 2.67 bits per heavy atom. The molecule has 0 bridgehead atoms. The van der Waals surface area contributed by atoms with Gasteiger partial charge in [-0.25, -0.2) is 4.39 Å². The van der Waals surface area contributed by atoms with Gasteiger partial charge in [-0.1, -0.05) is 12.1 Å². The third-order valence-electron chi connectivity index (χ3n) is 2.57. The molecule has 0 fully saturated rings. The Balaban J connectivity index is 2.46. The lowest BCUT2D eigenvalue weighted by atomic mass is 10.1. The van der Waals surface area contributed by atoms with Crippen LogP contribution in [-0.4, -0.2) is 35.1 Å². The summed E-state index contributed by atoms with van der Waals surface area (Å²) in [6, 6.07) is 6.25. The van der Waals surface area contributed by atoms with E-state index in [1.54, 1.807) is 33.0 Å². The van der Waals surface area contributed by atoms with Crippen molar-refractivity contribution in [2.75, 3.05) is 13.6 Å². The van der Waals surface area contributed by atoms with E-state index < -0.39 is 5.60 Å². The molecule has 100 valence electrons. The van der Waals surface area contributed by atoms with Gasteiger partial charge in [-0.05, 0) is 38.0 Å². The number of carbonyl (C=O) groups excluding carboxylic acids is 1. The van der Waals surface area contributed by atoms with Gasteiger partial charge in [0.1, 0.15) is 5.82 Å². The number of carbonyl (C=O) groups is 1.